The van der Waals surface area contributed by atoms with Gasteiger partial charge in [0.15, 0.2) is 5.96 Å². The van der Waals surface area contributed by atoms with Crippen molar-refractivity contribution in [2.75, 3.05) is 64.6 Å². The Balaban J connectivity index is 0.00000288. The highest BCUT2D eigenvalue weighted by molar-refractivity contribution is 14.0. The van der Waals surface area contributed by atoms with Crippen LogP contribution in [-0.4, -0.2) is 86.2 Å². The lowest BCUT2D eigenvalue weighted by Gasteiger charge is -2.24. The predicted octanol–water partition coefficient (Wildman–Crippen LogP) is 1.42. The molecule has 2 aliphatic rings. The smallest absolute Gasteiger partial charge is 0.194 e. The Morgan fingerprint density at radius 3 is 2.96 bits per heavy atom. The molecule has 0 aromatic carbocycles. The van der Waals surface area contributed by atoms with Crippen LogP contribution in [-0.2, 0) is 9.47 Å². The van der Waals surface area contributed by atoms with E-state index in [0.29, 0.717) is 25.7 Å². The minimum absolute atomic E-state index is 0. The topological polar surface area (TPSA) is 66.3 Å². The molecule has 2 aliphatic heterocycles. The summed E-state index contributed by atoms with van der Waals surface area (Å²) in [6, 6.07) is 0. The Morgan fingerprint density at radius 1 is 1.46 bits per heavy atom. The molecule has 2 unspecified atom stereocenters. The Hall–Kier alpha value is 0.230. The zero-order chi connectivity index (χ0) is 16.5. The van der Waals surface area contributed by atoms with Gasteiger partial charge in [0.2, 0.25) is 0 Å². The van der Waals surface area contributed by atoms with E-state index in [1.54, 1.807) is 7.11 Å². The standard InChI is InChI=1S/C16H31N3O3S.HI/c1-3-17-15(18-12-16(20)5-9-23-13-16)19-6-4-14(10-19)11-22-8-7-21-2;/h14,20H,3-13H2,1-2H3,(H,17,18);1H. The lowest BCUT2D eigenvalue weighted by molar-refractivity contribution is 0.0536. The molecule has 0 aliphatic carbocycles. The van der Waals surface area contributed by atoms with Gasteiger partial charge >= 0.3 is 0 Å². The van der Waals surface area contributed by atoms with Crippen molar-refractivity contribution in [2.45, 2.75) is 25.4 Å². The van der Waals surface area contributed by atoms with E-state index >= 15 is 0 Å². The first-order valence-corrected chi connectivity index (χ1v) is 9.72. The largest absolute Gasteiger partial charge is 0.387 e. The second kappa shape index (κ2) is 11.8. The molecule has 0 saturated carbocycles. The third kappa shape index (κ3) is 7.23. The minimum atomic E-state index is -0.617. The molecule has 0 aromatic heterocycles. The Kier molecular flexibility index (Phi) is 10.9. The van der Waals surface area contributed by atoms with Crippen LogP contribution in [0.5, 0.6) is 0 Å². The van der Waals surface area contributed by atoms with E-state index in [2.05, 4.69) is 17.1 Å². The first-order chi connectivity index (χ1) is 11.2. The summed E-state index contributed by atoms with van der Waals surface area (Å²) in [6.45, 7) is 7.47. The monoisotopic (exact) mass is 473 g/mol. The fourth-order valence-corrected chi connectivity index (χ4v) is 4.21. The van der Waals surface area contributed by atoms with Gasteiger partial charge in [-0.2, -0.15) is 11.8 Å². The van der Waals surface area contributed by atoms with Crippen LogP contribution in [0.4, 0.5) is 0 Å². The molecule has 0 bridgehead atoms. The van der Waals surface area contributed by atoms with E-state index < -0.39 is 5.60 Å². The molecule has 2 N–H and O–H groups in total. The highest BCUT2D eigenvalue weighted by Crippen LogP contribution is 2.28. The van der Waals surface area contributed by atoms with Crippen LogP contribution >= 0.6 is 35.7 Å². The number of nitrogens with one attached hydrogen (secondary N) is 1. The second-order valence-electron chi connectivity index (χ2n) is 6.37. The van der Waals surface area contributed by atoms with Crippen molar-refractivity contribution in [2.24, 2.45) is 10.9 Å². The third-order valence-electron chi connectivity index (χ3n) is 4.31. The quantitative estimate of drug-likeness (QED) is 0.241. The van der Waals surface area contributed by atoms with Crippen LogP contribution in [0.25, 0.3) is 0 Å². The predicted molar refractivity (Wildman–Crippen MR) is 111 cm³/mol. The minimum Gasteiger partial charge on any atom is -0.387 e. The molecular formula is C16H32IN3O3S. The summed E-state index contributed by atoms with van der Waals surface area (Å²) in [6.07, 6.45) is 1.97. The normalized spacial score (nSPS) is 27.4. The number of likely N-dealkylation sites (tertiary alicyclic amines) is 1. The molecule has 0 radical (unpaired) electrons. The number of aliphatic hydroxyl groups is 1. The number of guanidine groups is 1. The first kappa shape index (κ1) is 22.3. The molecule has 2 fully saturated rings. The van der Waals surface area contributed by atoms with E-state index in [-0.39, 0.29) is 24.0 Å². The summed E-state index contributed by atoms with van der Waals surface area (Å²) in [5, 5.41) is 13.8. The Labute approximate surface area is 167 Å². The Bertz CT molecular complexity index is 382. The number of ether oxygens (including phenoxy) is 2. The van der Waals surface area contributed by atoms with Gasteiger partial charge in [-0.15, -0.1) is 24.0 Å². The molecule has 0 aromatic rings. The van der Waals surface area contributed by atoms with Crippen molar-refractivity contribution in [3.63, 3.8) is 0 Å². The van der Waals surface area contributed by atoms with Crippen molar-refractivity contribution in [3.05, 3.63) is 0 Å². The van der Waals surface area contributed by atoms with Crippen molar-refractivity contribution >= 4 is 41.7 Å². The lowest BCUT2D eigenvalue weighted by Crippen LogP contribution is -2.42. The van der Waals surface area contributed by atoms with Crippen LogP contribution in [0, 0.1) is 5.92 Å². The molecule has 2 saturated heterocycles. The van der Waals surface area contributed by atoms with E-state index in [1.165, 1.54) is 0 Å². The first-order valence-electron chi connectivity index (χ1n) is 8.57. The Morgan fingerprint density at radius 2 is 2.29 bits per heavy atom. The third-order valence-corrected chi connectivity index (χ3v) is 5.55. The number of methoxy groups -OCH3 is 1. The maximum absolute atomic E-state index is 10.5. The van der Waals surface area contributed by atoms with Gasteiger partial charge in [-0.3, -0.25) is 4.99 Å². The molecule has 0 amide bonds. The van der Waals surface area contributed by atoms with Gasteiger partial charge in [0.25, 0.3) is 0 Å². The molecule has 142 valence electrons. The van der Waals surface area contributed by atoms with Crippen molar-refractivity contribution in [1.82, 2.24) is 10.2 Å². The number of aliphatic imine (C=N–C) groups is 1. The van der Waals surface area contributed by atoms with Crippen molar-refractivity contribution < 1.29 is 14.6 Å². The van der Waals surface area contributed by atoms with Gasteiger partial charge in [-0.05, 0) is 25.5 Å². The van der Waals surface area contributed by atoms with Gasteiger partial charge in [-0.25, -0.2) is 0 Å². The van der Waals surface area contributed by atoms with Crippen LogP contribution < -0.4 is 5.32 Å². The molecule has 2 atom stereocenters. The van der Waals surface area contributed by atoms with Crippen LogP contribution in [0.3, 0.4) is 0 Å². The van der Waals surface area contributed by atoms with Gasteiger partial charge in [0, 0.05) is 38.4 Å². The SMILES string of the molecule is CCNC(=NCC1(O)CCSC1)N1CCC(COCCOC)C1.I. The number of halogens is 1. The number of thioether (sulfide) groups is 1. The fraction of sp³-hybridized carbons (Fsp3) is 0.938. The van der Waals surface area contributed by atoms with E-state index in [0.717, 1.165) is 56.5 Å². The number of nitrogens with zero attached hydrogens (tertiary/aromatic N) is 2. The highest BCUT2D eigenvalue weighted by Gasteiger charge is 2.32. The number of hydrogen-bond donors (Lipinski definition) is 2. The average Bonchev–Trinajstić information content (AvgIpc) is 3.18. The van der Waals surface area contributed by atoms with Gasteiger partial charge in [0.1, 0.15) is 0 Å². The van der Waals surface area contributed by atoms with Gasteiger partial charge in [0.05, 0.1) is 32.0 Å². The molecule has 8 heteroatoms. The highest BCUT2D eigenvalue weighted by atomic mass is 127. The molecule has 2 heterocycles. The summed E-state index contributed by atoms with van der Waals surface area (Å²) < 4.78 is 10.6. The average molecular weight is 473 g/mol. The van der Waals surface area contributed by atoms with Crippen molar-refractivity contribution in [3.8, 4) is 0 Å². The number of hydrogen-bond acceptors (Lipinski definition) is 5. The van der Waals surface area contributed by atoms with Crippen molar-refractivity contribution in [1.29, 1.82) is 0 Å². The molecular weight excluding hydrogens is 441 g/mol. The van der Waals surface area contributed by atoms with E-state index in [9.17, 15) is 5.11 Å². The molecule has 0 spiro atoms. The van der Waals surface area contributed by atoms with Gasteiger partial charge in [-0.1, -0.05) is 0 Å². The zero-order valence-corrected chi connectivity index (χ0v) is 18.0. The molecule has 6 nitrogen and oxygen atoms in total. The summed E-state index contributed by atoms with van der Waals surface area (Å²) in [4.78, 5) is 6.99. The maximum Gasteiger partial charge on any atom is 0.194 e. The summed E-state index contributed by atoms with van der Waals surface area (Å²) in [5.74, 6) is 3.30. The van der Waals surface area contributed by atoms with E-state index in [1.807, 2.05) is 11.8 Å². The second-order valence-corrected chi connectivity index (χ2v) is 7.47. The summed E-state index contributed by atoms with van der Waals surface area (Å²) in [5.41, 5.74) is -0.617. The summed E-state index contributed by atoms with van der Waals surface area (Å²) in [7, 11) is 1.69. The number of rotatable bonds is 8. The van der Waals surface area contributed by atoms with Crippen LogP contribution in [0.2, 0.25) is 0 Å². The molecule has 24 heavy (non-hydrogen) atoms. The molecule has 2 rings (SSSR count). The lowest BCUT2D eigenvalue weighted by atomic mass is 10.1. The van der Waals surface area contributed by atoms with E-state index in [4.69, 9.17) is 14.5 Å². The fourth-order valence-electron chi connectivity index (χ4n) is 2.92. The summed E-state index contributed by atoms with van der Waals surface area (Å²) >= 11 is 1.81. The van der Waals surface area contributed by atoms with Crippen LogP contribution in [0.15, 0.2) is 4.99 Å². The van der Waals surface area contributed by atoms with Crippen LogP contribution in [0.1, 0.15) is 19.8 Å². The zero-order valence-electron chi connectivity index (χ0n) is 14.8. The van der Waals surface area contributed by atoms with Gasteiger partial charge < -0.3 is 24.8 Å². The maximum atomic E-state index is 10.5.